The molecule has 4 nitrogen and oxygen atoms in total. The van der Waals surface area contributed by atoms with Crippen molar-refractivity contribution >= 4 is 5.78 Å². The monoisotopic (exact) mass is 252 g/mol. The lowest BCUT2D eigenvalue weighted by molar-refractivity contribution is 0.0705. The van der Waals surface area contributed by atoms with Gasteiger partial charge < -0.3 is 14.6 Å². The largest absolute Gasteiger partial charge is 0.491 e. The van der Waals surface area contributed by atoms with E-state index in [4.69, 9.17) is 14.6 Å². The zero-order valence-corrected chi connectivity index (χ0v) is 10.7. The van der Waals surface area contributed by atoms with Crippen molar-refractivity contribution in [3.63, 3.8) is 0 Å². The third-order valence-corrected chi connectivity index (χ3v) is 2.37. The van der Waals surface area contributed by atoms with Gasteiger partial charge in [0, 0.05) is 12.0 Å². The second-order valence-corrected chi connectivity index (χ2v) is 3.89. The maximum atomic E-state index is 11.7. The molecule has 1 aromatic rings. The first-order chi connectivity index (χ1) is 8.77. The third-order valence-electron chi connectivity index (χ3n) is 2.37. The van der Waals surface area contributed by atoms with Crippen molar-refractivity contribution in [2.24, 2.45) is 0 Å². The Balaban J connectivity index is 2.42. The summed E-state index contributed by atoms with van der Waals surface area (Å²) < 4.78 is 10.5. The van der Waals surface area contributed by atoms with Gasteiger partial charge in [0.1, 0.15) is 12.4 Å². The molecule has 0 aliphatic rings. The van der Waals surface area contributed by atoms with Gasteiger partial charge in [0.25, 0.3) is 0 Å². The average Bonchev–Trinajstić information content (AvgIpc) is 2.39. The van der Waals surface area contributed by atoms with E-state index in [2.05, 4.69) is 0 Å². The Labute approximate surface area is 108 Å². The van der Waals surface area contributed by atoms with Crippen LogP contribution >= 0.6 is 0 Å². The van der Waals surface area contributed by atoms with Crippen molar-refractivity contribution in [2.75, 3.05) is 26.4 Å². The van der Waals surface area contributed by atoms with E-state index in [0.29, 0.717) is 37.6 Å². The first-order valence-electron chi connectivity index (χ1n) is 6.22. The van der Waals surface area contributed by atoms with Crippen molar-refractivity contribution in [2.45, 2.75) is 19.8 Å². The minimum atomic E-state index is 0.0149. The van der Waals surface area contributed by atoms with Crippen LogP contribution in [0.25, 0.3) is 0 Å². The topological polar surface area (TPSA) is 55.8 Å². The van der Waals surface area contributed by atoms with Crippen LogP contribution in [0.2, 0.25) is 0 Å². The van der Waals surface area contributed by atoms with Gasteiger partial charge in [-0.2, -0.15) is 0 Å². The lowest BCUT2D eigenvalue weighted by Gasteiger charge is -2.07. The van der Waals surface area contributed by atoms with E-state index in [-0.39, 0.29) is 12.4 Å². The van der Waals surface area contributed by atoms with Crippen LogP contribution in [0, 0.1) is 0 Å². The molecule has 100 valence electrons. The van der Waals surface area contributed by atoms with E-state index >= 15 is 0 Å². The van der Waals surface area contributed by atoms with Crippen molar-refractivity contribution in [3.8, 4) is 5.75 Å². The van der Waals surface area contributed by atoms with Crippen LogP contribution in [0.3, 0.4) is 0 Å². The van der Waals surface area contributed by atoms with Crippen LogP contribution in [0.1, 0.15) is 30.1 Å². The van der Waals surface area contributed by atoms with Crippen LogP contribution in [0.4, 0.5) is 0 Å². The van der Waals surface area contributed by atoms with Gasteiger partial charge in [-0.15, -0.1) is 0 Å². The van der Waals surface area contributed by atoms with Gasteiger partial charge in [0.05, 0.1) is 19.8 Å². The molecular formula is C14H20O4. The Kier molecular flexibility index (Phi) is 7.06. The number of aliphatic hydroxyl groups excluding tert-OH is 1. The molecule has 0 unspecified atom stereocenters. The minimum absolute atomic E-state index is 0.0149. The summed E-state index contributed by atoms with van der Waals surface area (Å²) in [7, 11) is 0. The highest BCUT2D eigenvalue weighted by Crippen LogP contribution is 2.15. The summed E-state index contributed by atoms with van der Waals surface area (Å²) in [5.74, 6) is 0.809. The number of ether oxygens (including phenoxy) is 2. The predicted molar refractivity (Wildman–Crippen MR) is 69.1 cm³/mol. The van der Waals surface area contributed by atoms with Crippen LogP contribution in [-0.4, -0.2) is 37.3 Å². The van der Waals surface area contributed by atoms with Gasteiger partial charge >= 0.3 is 0 Å². The fourth-order valence-corrected chi connectivity index (χ4v) is 1.52. The van der Waals surface area contributed by atoms with Gasteiger partial charge in [-0.1, -0.05) is 19.1 Å². The van der Waals surface area contributed by atoms with Gasteiger partial charge in [0.15, 0.2) is 5.78 Å². The Morgan fingerprint density at radius 3 is 2.83 bits per heavy atom. The summed E-state index contributed by atoms with van der Waals surface area (Å²) in [6, 6.07) is 7.18. The summed E-state index contributed by atoms with van der Waals surface area (Å²) >= 11 is 0. The molecule has 0 atom stereocenters. The maximum Gasteiger partial charge on any atom is 0.162 e. The fourth-order valence-electron chi connectivity index (χ4n) is 1.52. The molecule has 1 N–H and O–H groups in total. The molecule has 0 heterocycles. The molecule has 0 fully saturated rings. The highest BCUT2D eigenvalue weighted by atomic mass is 16.5. The van der Waals surface area contributed by atoms with E-state index < -0.39 is 0 Å². The molecule has 4 heteroatoms. The average molecular weight is 252 g/mol. The summed E-state index contributed by atoms with van der Waals surface area (Å²) in [4.78, 5) is 11.7. The van der Waals surface area contributed by atoms with Gasteiger partial charge in [-0.05, 0) is 18.6 Å². The van der Waals surface area contributed by atoms with E-state index in [0.717, 1.165) is 6.42 Å². The number of aliphatic hydroxyl groups is 1. The highest BCUT2D eigenvalue weighted by Gasteiger charge is 2.05. The summed E-state index contributed by atoms with van der Waals surface area (Å²) in [6.07, 6.45) is 1.40. The van der Waals surface area contributed by atoms with Gasteiger partial charge in [-0.25, -0.2) is 0 Å². The van der Waals surface area contributed by atoms with Crippen molar-refractivity contribution in [1.82, 2.24) is 0 Å². The smallest absolute Gasteiger partial charge is 0.162 e. The van der Waals surface area contributed by atoms with Crippen molar-refractivity contribution in [3.05, 3.63) is 29.8 Å². The van der Waals surface area contributed by atoms with Crippen molar-refractivity contribution in [1.29, 1.82) is 0 Å². The Bertz CT molecular complexity index is 363. The fraction of sp³-hybridized carbons (Fsp3) is 0.500. The molecule has 18 heavy (non-hydrogen) atoms. The van der Waals surface area contributed by atoms with E-state index in [1.165, 1.54) is 0 Å². The Hall–Kier alpha value is -1.39. The zero-order chi connectivity index (χ0) is 13.2. The first kappa shape index (κ1) is 14.7. The molecule has 0 aromatic heterocycles. The molecular weight excluding hydrogens is 232 g/mol. The predicted octanol–water partition coefficient (Wildman–Crippen LogP) is 2.06. The van der Waals surface area contributed by atoms with E-state index in [9.17, 15) is 4.79 Å². The zero-order valence-electron chi connectivity index (χ0n) is 10.7. The molecule has 0 bridgehead atoms. The number of hydrogen-bond acceptors (Lipinski definition) is 4. The van der Waals surface area contributed by atoms with Crippen LogP contribution in [0.5, 0.6) is 5.75 Å². The summed E-state index contributed by atoms with van der Waals surface area (Å²) in [5, 5.41) is 8.53. The second kappa shape index (κ2) is 8.66. The van der Waals surface area contributed by atoms with Gasteiger partial charge in [0.2, 0.25) is 0 Å². The van der Waals surface area contributed by atoms with Crippen molar-refractivity contribution < 1.29 is 19.4 Å². The van der Waals surface area contributed by atoms with Crippen LogP contribution in [-0.2, 0) is 4.74 Å². The maximum absolute atomic E-state index is 11.7. The van der Waals surface area contributed by atoms with Crippen LogP contribution in [0.15, 0.2) is 24.3 Å². The number of ketones is 1. The normalized spacial score (nSPS) is 10.3. The third kappa shape index (κ3) is 5.29. The summed E-state index contributed by atoms with van der Waals surface area (Å²) in [6.45, 7) is 3.15. The van der Waals surface area contributed by atoms with Gasteiger partial charge in [-0.3, -0.25) is 4.79 Å². The lowest BCUT2D eigenvalue weighted by atomic mass is 10.1. The van der Waals surface area contributed by atoms with E-state index in [1.54, 1.807) is 12.1 Å². The lowest BCUT2D eigenvalue weighted by Crippen LogP contribution is -2.09. The number of benzene rings is 1. The molecule has 0 aliphatic heterocycles. The minimum Gasteiger partial charge on any atom is -0.491 e. The summed E-state index contributed by atoms with van der Waals surface area (Å²) in [5.41, 5.74) is 0.686. The molecule has 1 rings (SSSR count). The molecule has 0 aliphatic carbocycles. The number of carbonyl (C=O) groups excluding carboxylic acids is 1. The standard InChI is InChI=1S/C14H20O4/c1-2-4-14(16)12-5-3-6-13(11-12)18-10-9-17-8-7-15/h3,5-6,11,15H,2,4,7-10H2,1H3. The number of carbonyl (C=O) groups is 1. The second-order valence-electron chi connectivity index (χ2n) is 3.89. The molecule has 0 spiro atoms. The number of Topliss-reactive ketones (excluding diaryl/α,β-unsaturated/α-hetero) is 1. The SMILES string of the molecule is CCCC(=O)c1cccc(OCCOCCO)c1. The van der Waals surface area contributed by atoms with E-state index in [1.807, 2.05) is 19.1 Å². The Morgan fingerprint density at radius 1 is 1.28 bits per heavy atom. The molecule has 0 amide bonds. The molecule has 1 aromatic carbocycles. The molecule has 0 saturated carbocycles. The highest BCUT2D eigenvalue weighted by molar-refractivity contribution is 5.96. The molecule has 0 saturated heterocycles. The molecule has 0 radical (unpaired) electrons. The number of rotatable bonds is 9. The first-order valence-corrected chi connectivity index (χ1v) is 6.22. The number of hydrogen-bond donors (Lipinski definition) is 1. The quantitative estimate of drug-likeness (QED) is 0.540. The Morgan fingerprint density at radius 2 is 2.11 bits per heavy atom. The van der Waals surface area contributed by atoms with Crippen LogP contribution < -0.4 is 4.74 Å².